The summed E-state index contributed by atoms with van der Waals surface area (Å²) in [5.74, 6) is 1.02. The summed E-state index contributed by atoms with van der Waals surface area (Å²) in [6, 6.07) is 10.5. The van der Waals surface area contributed by atoms with E-state index in [9.17, 15) is 0 Å². The highest BCUT2D eigenvalue weighted by Gasteiger charge is 2.21. The molecule has 164 valence electrons. The molecule has 0 atom stereocenters. The predicted octanol–water partition coefficient (Wildman–Crippen LogP) is 2.90. The number of likely N-dealkylation sites (tertiary alicyclic amines) is 1. The predicted molar refractivity (Wildman–Crippen MR) is 120 cm³/mol. The first-order chi connectivity index (χ1) is 14.8. The minimum absolute atomic E-state index is 0.356. The number of aliphatic imine (C=N–C) groups is 1. The number of hydrogen-bond donors (Lipinski definition) is 1. The van der Waals surface area contributed by atoms with Crippen LogP contribution in [0.1, 0.15) is 31.7 Å². The zero-order chi connectivity index (χ0) is 21.0. The van der Waals surface area contributed by atoms with Crippen LogP contribution in [0.15, 0.2) is 47.7 Å². The second kappa shape index (κ2) is 12.3. The van der Waals surface area contributed by atoms with E-state index in [0.29, 0.717) is 6.10 Å². The highest BCUT2D eigenvalue weighted by Crippen LogP contribution is 2.14. The highest BCUT2D eigenvalue weighted by molar-refractivity contribution is 5.80. The lowest BCUT2D eigenvalue weighted by Gasteiger charge is -2.34. The monoisotopic (exact) mass is 413 g/mol. The van der Waals surface area contributed by atoms with E-state index in [0.717, 1.165) is 76.7 Å². The van der Waals surface area contributed by atoms with Gasteiger partial charge in [0, 0.05) is 58.9 Å². The van der Waals surface area contributed by atoms with Crippen molar-refractivity contribution in [2.45, 2.75) is 38.7 Å². The molecule has 1 N–H and O–H groups in total. The quantitative estimate of drug-likeness (QED) is 0.369. The van der Waals surface area contributed by atoms with Crippen LogP contribution in [0.5, 0.6) is 0 Å². The van der Waals surface area contributed by atoms with Crippen LogP contribution < -0.4 is 5.32 Å². The van der Waals surface area contributed by atoms with Gasteiger partial charge in [-0.25, -0.2) is 4.68 Å². The number of rotatable bonds is 10. The van der Waals surface area contributed by atoms with Gasteiger partial charge >= 0.3 is 0 Å². The number of ether oxygens (including phenoxy) is 2. The molecule has 2 heterocycles. The average Bonchev–Trinajstić information content (AvgIpc) is 3.32. The molecule has 0 amide bonds. The molecule has 1 aliphatic rings. The van der Waals surface area contributed by atoms with Gasteiger partial charge in [0.1, 0.15) is 0 Å². The fourth-order valence-corrected chi connectivity index (χ4v) is 3.64. The third-order valence-corrected chi connectivity index (χ3v) is 5.29. The normalized spacial score (nSPS) is 15.5. The fraction of sp³-hybridized carbons (Fsp3) is 0.565. The standard InChI is InChI=1S/C23H35N5O2/c1-3-24-23(27-16-11-22(12-17-27)30-19-5-18-29-2)25-14-10-20-6-8-21(9-7-20)28-15-4-13-26-28/h4,6-9,13,15,22H,3,5,10-12,14,16-19H2,1-2H3,(H,24,25). The van der Waals surface area contributed by atoms with E-state index in [-0.39, 0.29) is 0 Å². The summed E-state index contributed by atoms with van der Waals surface area (Å²) in [6.45, 7) is 7.30. The van der Waals surface area contributed by atoms with Crippen molar-refractivity contribution in [3.8, 4) is 5.69 Å². The maximum atomic E-state index is 5.98. The number of benzene rings is 1. The zero-order valence-corrected chi connectivity index (χ0v) is 18.3. The molecule has 0 aliphatic carbocycles. The average molecular weight is 414 g/mol. The molecular weight excluding hydrogens is 378 g/mol. The fourth-order valence-electron chi connectivity index (χ4n) is 3.64. The minimum Gasteiger partial charge on any atom is -0.385 e. The van der Waals surface area contributed by atoms with Gasteiger partial charge in [0.25, 0.3) is 0 Å². The summed E-state index contributed by atoms with van der Waals surface area (Å²) in [4.78, 5) is 7.23. The molecule has 0 spiro atoms. The number of aromatic nitrogens is 2. The Hall–Kier alpha value is -2.38. The van der Waals surface area contributed by atoms with Gasteiger partial charge in [0.05, 0.1) is 11.8 Å². The topological polar surface area (TPSA) is 63.9 Å². The molecule has 0 bridgehead atoms. The third kappa shape index (κ3) is 6.85. The first kappa shape index (κ1) is 22.3. The number of nitrogens with one attached hydrogen (secondary N) is 1. The molecule has 0 unspecified atom stereocenters. The van der Waals surface area contributed by atoms with E-state index in [2.05, 4.69) is 46.5 Å². The molecule has 0 radical (unpaired) electrons. The van der Waals surface area contributed by atoms with E-state index < -0.39 is 0 Å². The molecule has 1 aliphatic heterocycles. The van der Waals surface area contributed by atoms with E-state index in [1.165, 1.54) is 5.56 Å². The third-order valence-electron chi connectivity index (χ3n) is 5.29. The Morgan fingerprint density at radius 1 is 1.20 bits per heavy atom. The van der Waals surface area contributed by atoms with Crippen molar-refractivity contribution in [1.29, 1.82) is 0 Å². The maximum absolute atomic E-state index is 5.98. The van der Waals surface area contributed by atoms with Gasteiger partial charge in [-0.15, -0.1) is 0 Å². The van der Waals surface area contributed by atoms with E-state index in [4.69, 9.17) is 14.5 Å². The van der Waals surface area contributed by atoms with Crippen LogP contribution in [0.2, 0.25) is 0 Å². The van der Waals surface area contributed by atoms with Crippen molar-refractivity contribution in [3.05, 3.63) is 48.3 Å². The van der Waals surface area contributed by atoms with Crippen molar-refractivity contribution >= 4 is 5.96 Å². The van der Waals surface area contributed by atoms with Gasteiger partial charge in [0.2, 0.25) is 0 Å². The van der Waals surface area contributed by atoms with Gasteiger partial charge < -0.3 is 19.7 Å². The second-order valence-corrected chi connectivity index (χ2v) is 7.51. The Kier molecular flexibility index (Phi) is 9.18. The van der Waals surface area contributed by atoms with E-state index in [1.54, 1.807) is 13.3 Å². The van der Waals surface area contributed by atoms with Crippen LogP contribution in [0.3, 0.4) is 0 Å². The summed E-state index contributed by atoms with van der Waals surface area (Å²) < 4.78 is 12.9. The Bertz CT molecular complexity index is 737. The molecule has 3 rings (SSSR count). The summed E-state index contributed by atoms with van der Waals surface area (Å²) in [5, 5.41) is 7.72. The van der Waals surface area contributed by atoms with Crippen molar-refractivity contribution in [1.82, 2.24) is 20.0 Å². The Morgan fingerprint density at radius 2 is 2.00 bits per heavy atom. The summed E-state index contributed by atoms with van der Waals surface area (Å²) in [6.07, 6.45) is 8.08. The molecule has 30 heavy (non-hydrogen) atoms. The van der Waals surface area contributed by atoms with Gasteiger partial charge in [-0.3, -0.25) is 4.99 Å². The Balaban J connectivity index is 1.45. The molecule has 1 fully saturated rings. The lowest BCUT2D eigenvalue weighted by atomic mass is 10.1. The minimum atomic E-state index is 0.356. The van der Waals surface area contributed by atoms with Crippen molar-refractivity contribution in [3.63, 3.8) is 0 Å². The number of guanidine groups is 1. The highest BCUT2D eigenvalue weighted by atomic mass is 16.5. The molecule has 2 aromatic rings. The number of nitrogens with zero attached hydrogens (tertiary/aromatic N) is 4. The zero-order valence-electron chi connectivity index (χ0n) is 18.3. The lowest BCUT2D eigenvalue weighted by Crippen LogP contribution is -2.47. The molecule has 7 heteroatoms. The second-order valence-electron chi connectivity index (χ2n) is 7.51. The van der Waals surface area contributed by atoms with Gasteiger partial charge in [-0.05, 0) is 56.4 Å². The smallest absolute Gasteiger partial charge is 0.193 e. The summed E-state index contributed by atoms with van der Waals surface area (Å²) in [7, 11) is 1.73. The van der Waals surface area contributed by atoms with Crippen molar-refractivity contribution < 1.29 is 9.47 Å². The van der Waals surface area contributed by atoms with Crippen molar-refractivity contribution in [2.24, 2.45) is 4.99 Å². The van der Waals surface area contributed by atoms with Crippen LogP contribution in [0.4, 0.5) is 0 Å². The van der Waals surface area contributed by atoms with Crippen LogP contribution in [-0.4, -0.2) is 73.2 Å². The van der Waals surface area contributed by atoms with E-state index in [1.807, 2.05) is 16.9 Å². The van der Waals surface area contributed by atoms with E-state index >= 15 is 0 Å². The van der Waals surface area contributed by atoms with Crippen LogP contribution in [0, 0.1) is 0 Å². The van der Waals surface area contributed by atoms with Gasteiger partial charge in [-0.1, -0.05) is 12.1 Å². The van der Waals surface area contributed by atoms with Crippen LogP contribution in [0.25, 0.3) is 5.69 Å². The summed E-state index contributed by atoms with van der Waals surface area (Å²) in [5.41, 5.74) is 2.36. The Morgan fingerprint density at radius 3 is 2.67 bits per heavy atom. The lowest BCUT2D eigenvalue weighted by molar-refractivity contribution is 0.00991. The van der Waals surface area contributed by atoms with Gasteiger partial charge in [0.15, 0.2) is 5.96 Å². The molecule has 1 aromatic carbocycles. The maximum Gasteiger partial charge on any atom is 0.193 e. The first-order valence-electron chi connectivity index (χ1n) is 11.0. The Labute approximate surface area is 180 Å². The van der Waals surface area contributed by atoms with Gasteiger partial charge in [-0.2, -0.15) is 5.10 Å². The SMILES string of the molecule is CCNC(=NCCc1ccc(-n2cccn2)cc1)N1CCC(OCCCOC)CC1. The molecule has 1 saturated heterocycles. The number of methoxy groups -OCH3 is 1. The number of hydrogen-bond acceptors (Lipinski definition) is 4. The first-order valence-corrected chi connectivity index (χ1v) is 11.0. The van der Waals surface area contributed by atoms with Crippen LogP contribution in [-0.2, 0) is 15.9 Å². The van der Waals surface area contributed by atoms with Crippen LogP contribution >= 0.6 is 0 Å². The molecule has 7 nitrogen and oxygen atoms in total. The largest absolute Gasteiger partial charge is 0.385 e. The molecule has 0 saturated carbocycles. The van der Waals surface area contributed by atoms with Crippen molar-refractivity contribution in [2.75, 3.05) is 46.5 Å². The summed E-state index contributed by atoms with van der Waals surface area (Å²) >= 11 is 0. The molecular formula is C23H35N5O2. The number of piperidine rings is 1. The molecule has 1 aromatic heterocycles.